The van der Waals surface area contributed by atoms with E-state index >= 15 is 0 Å². The zero-order chi connectivity index (χ0) is 19.8. The highest BCUT2D eigenvalue weighted by Gasteiger charge is 2.21. The Morgan fingerprint density at radius 3 is 2.54 bits per heavy atom. The van der Waals surface area contributed by atoms with Crippen LogP contribution in [0.5, 0.6) is 5.75 Å². The molecule has 0 bridgehead atoms. The van der Waals surface area contributed by atoms with Crippen LogP contribution in [0.2, 0.25) is 0 Å². The van der Waals surface area contributed by atoms with Crippen LogP contribution in [-0.4, -0.2) is 7.11 Å². The highest BCUT2D eigenvalue weighted by atomic mass is 16.5. The van der Waals surface area contributed by atoms with Crippen LogP contribution >= 0.6 is 0 Å². The molecule has 2 aromatic carbocycles. The van der Waals surface area contributed by atoms with Crippen LogP contribution < -0.4 is 15.7 Å². The van der Waals surface area contributed by atoms with E-state index in [0.29, 0.717) is 33.9 Å². The van der Waals surface area contributed by atoms with Crippen LogP contribution in [0.1, 0.15) is 16.9 Å². The van der Waals surface area contributed by atoms with Crippen molar-refractivity contribution < 1.29 is 13.6 Å². The van der Waals surface area contributed by atoms with E-state index in [4.69, 9.17) is 13.6 Å². The fourth-order valence-electron chi connectivity index (χ4n) is 3.38. The molecular weight excluding hydrogens is 354 g/mol. The molecule has 2 heterocycles. The first kappa shape index (κ1) is 17.9. The lowest BCUT2D eigenvalue weighted by Crippen LogP contribution is -2.00. The number of anilines is 2. The number of rotatable bonds is 4. The maximum atomic E-state index is 12.6. The van der Waals surface area contributed by atoms with Gasteiger partial charge in [-0.25, -0.2) is 4.79 Å². The summed E-state index contributed by atoms with van der Waals surface area (Å²) in [7, 11) is 1.61. The Kier molecular flexibility index (Phi) is 4.43. The number of benzene rings is 2. The van der Waals surface area contributed by atoms with E-state index in [1.807, 2.05) is 50.2 Å². The molecule has 0 fully saturated rings. The first-order valence-electron chi connectivity index (χ1n) is 9.02. The van der Waals surface area contributed by atoms with E-state index in [-0.39, 0.29) is 0 Å². The molecule has 5 nitrogen and oxygen atoms in total. The van der Waals surface area contributed by atoms with Crippen molar-refractivity contribution in [2.24, 2.45) is 0 Å². The smallest absolute Gasteiger partial charge is 0.347 e. The van der Waals surface area contributed by atoms with Gasteiger partial charge in [-0.15, -0.1) is 0 Å². The lowest BCUT2D eigenvalue weighted by molar-refractivity contribution is 0.415. The fourth-order valence-corrected chi connectivity index (χ4v) is 3.38. The lowest BCUT2D eigenvalue weighted by atomic mass is 10.0. The number of furan rings is 1. The van der Waals surface area contributed by atoms with E-state index in [1.165, 1.54) is 5.56 Å². The van der Waals surface area contributed by atoms with E-state index in [0.717, 1.165) is 16.8 Å². The molecule has 0 amide bonds. The summed E-state index contributed by atoms with van der Waals surface area (Å²) < 4.78 is 16.8. The third-order valence-electron chi connectivity index (χ3n) is 4.72. The Labute approximate surface area is 162 Å². The molecule has 4 rings (SSSR count). The quantitative estimate of drug-likeness (QED) is 0.493. The monoisotopic (exact) mass is 375 g/mol. The van der Waals surface area contributed by atoms with Gasteiger partial charge in [0.05, 0.1) is 12.7 Å². The van der Waals surface area contributed by atoms with E-state index in [2.05, 4.69) is 11.4 Å². The van der Waals surface area contributed by atoms with Crippen LogP contribution in [0.15, 0.2) is 62.2 Å². The minimum absolute atomic E-state index is 0.408. The van der Waals surface area contributed by atoms with E-state index in [9.17, 15) is 4.79 Å². The van der Waals surface area contributed by atoms with Gasteiger partial charge >= 0.3 is 5.63 Å². The van der Waals surface area contributed by atoms with E-state index in [1.54, 1.807) is 20.1 Å². The van der Waals surface area contributed by atoms with Crippen molar-refractivity contribution in [3.05, 3.63) is 75.8 Å². The van der Waals surface area contributed by atoms with Crippen molar-refractivity contribution in [2.45, 2.75) is 20.8 Å². The highest BCUT2D eigenvalue weighted by Crippen LogP contribution is 2.40. The average molecular weight is 375 g/mol. The van der Waals surface area contributed by atoms with Gasteiger partial charge in [-0.1, -0.05) is 29.8 Å². The summed E-state index contributed by atoms with van der Waals surface area (Å²) >= 11 is 0. The maximum Gasteiger partial charge on any atom is 0.347 e. The van der Waals surface area contributed by atoms with Gasteiger partial charge in [0.25, 0.3) is 0 Å². The number of aryl methyl sites for hydroxylation is 3. The van der Waals surface area contributed by atoms with Gasteiger partial charge in [0, 0.05) is 11.8 Å². The second kappa shape index (κ2) is 6.93. The van der Waals surface area contributed by atoms with Crippen LogP contribution in [0, 0.1) is 20.8 Å². The number of methoxy groups -OCH3 is 1. The first-order valence-corrected chi connectivity index (χ1v) is 9.02. The SMILES string of the molecule is COc1cccc(-c2c(Nc3ccc(C)cc3C)oc3cc(C)oc(=O)c23)c1. The maximum absolute atomic E-state index is 12.6. The van der Waals surface area contributed by atoms with Gasteiger partial charge in [0.2, 0.25) is 5.88 Å². The number of fused-ring (bicyclic) bond motifs is 1. The average Bonchev–Trinajstić information content (AvgIpc) is 3.02. The fraction of sp³-hybridized carbons (Fsp3) is 0.174. The van der Waals surface area contributed by atoms with Crippen molar-refractivity contribution >= 4 is 22.5 Å². The molecule has 0 saturated heterocycles. The molecule has 142 valence electrons. The number of hydrogen-bond donors (Lipinski definition) is 1. The molecule has 0 atom stereocenters. The van der Waals surface area contributed by atoms with Crippen molar-refractivity contribution in [3.8, 4) is 16.9 Å². The predicted molar refractivity (Wildman–Crippen MR) is 111 cm³/mol. The van der Waals surface area contributed by atoms with Gasteiger partial charge in [0.1, 0.15) is 22.5 Å². The zero-order valence-corrected chi connectivity index (χ0v) is 16.3. The summed E-state index contributed by atoms with van der Waals surface area (Å²) in [6, 6.07) is 15.4. The molecule has 2 aromatic heterocycles. The Morgan fingerprint density at radius 2 is 1.79 bits per heavy atom. The molecule has 1 N–H and O–H groups in total. The Morgan fingerprint density at radius 1 is 0.964 bits per heavy atom. The normalized spacial score (nSPS) is 11.0. The van der Waals surface area contributed by atoms with Crippen molar-refractivity contribution in [1.29, 1.82) is 0 Å². The van der Waals surface area contributed by atoms with Crippen LogP contribution in [0.3, 0.4) is 0 Å². The molecule has 0 spiro atoms. The summed E-state index contributed by atoms with van der Waals surface area (Å²) in [5, 5.41) is 3.76. The largest absolute Gasteiger partial charge is 0.497 e. The molecule has 28 heavy (non-hydrogen) atoms. The van der Waals surface area contributed by atoms with Gasteiger partial charge in [-0.3, -0.25) is 0 Å². The van der Waals surface area contributed by atoms with Crippen molar-refractivity contribution in [1.82, 2.24) is 0 Å². The summed E-state index contributed by atoms with van der Waals surface area (Å²) in [5.74, 6) is 1.69. The lowest BCUT2D eigenvalue weighted by Gasteiger charge is -2.10. The molecule has 0 radical (unpaired) electrons. The van der Waals surface area contributed by atoms with Crippen LogP contribution in [0.4, 0.5) is 11.6 Å². The van der Waals surface area contributed by atoms with Crippen LogP contribution in [0.25, 0.3) is 22.1 Å². The minimum Gasteiger partial charge on any atom is -0.497 e. The summed E-state index contributed by atoms with van der Waals surface area (Å²) in [6.07, 6.45) is 0. The van der Waals surface area contributed by atoms with Gasteiger partial charge in [-0.2, -0.15) is 0 Å². The molecule has 0 unspecified atom stereocenters. The molecule has 0 aliphatic carbocycles. The van der Waals surface area contributed by atoms with Gasteiger partial charge in [-0.05, 0) is 50.1 Å². The first-order chi connectivity index (χ1) is 13.5. The second-order valence-corrected chi connectivity index (χ2v) is 6.87. The summed E-state index contributed by atoms with van der Waals surface area (Å²) in [4.78, 5) is 12.6. The highest BCUT2D eigenvalue weighted by molar-refractivity contribution is 6.00. The number of hydrogen-bond acceptors (Lipinski definition) is 5. The molecule has 0 aliphatic heterocycles. The number of nitrogens with one attached hydrogen (secondary N) is 1. The molecule has 4 aromatic rings. The minimum atomic E-state index is -0.426. The third kappa shape index (κ3) is 3.16. The predicted octanol–water partition coefficient (Wildman–Crippen LogP) is 5.73. The van der Waals surface area contributed by atoms with Crippen molar-refractivity contribution in [2.75, 3.05) is 12.4 Å². The zero-order valence-electron chi connectivity index (χ0n) is 16.3. The van der Waals surface area contributed by atoms with E-state index < -0.39 is 5.63 Å². The Bertz CT molecular complexity index is 1230. The van der Waals surface area contributed by atoms with Gasteiger partial charge < -0.3 is 18.9 Å². The standard InChI is InChI=1S/C23H21NO4/c1-13-8-9-18(14(2)10-13)24-22-20(16-6-5-7-17(12-16)26-4)21-19(28-22)11-15(3)27-23(21)25/h5-12,24H,1-4H3. The van der Waals surface area contributed by atoms with Crippen molar-refractivity contribution in [3.63, 3.8) is 0 Å². The topological polar surface area (TPSA) is 64.6 Å². The molecule has 5 heteroatoms. The Hall–Kier alpha value is -3.47. The molecular formula is C23H21NO4. The Balaban J connectivity index is 1.97. The van der Waals surface area contributed by atoms with Crippen LogP contribution in [-0.2, 0) is 0 Å². The third-order valence-corrected chi connectivity index (χ3v) is 4.72. The number of ether oxygens (including phenoxy) is 1. The summed E-state index contributed by atoms with van der Waals surface area (Å²) in [5.41, 5.74) is 4.69. The second-order valence-electron chi connectivity index (χ2n) is 6.87. The summed E-state index contributed by atoms with van der Waals surface area (Å²) in [6.45, 7) is 5.81. The van der Waals surface area contributed by atoms with Gasteiger partial charge in [0.15, 0.2) is 0 Å². The molecule has 0 saturated carbocycles. The molecule has 0 aliphatic rings.